The molecule has 0 saturated heterocycles. The van der Waals surface area contributed by atoms with Crippen LogP contribution in [0.1, 0.15) is 61.1 Å². The third kappa shape index (κ3) is 3.81. The van der Waals surface area contributed by atoms with Crippen molar-refractivity contribution < 1.29 is 4.39 Å². The average Bonchev–Trinajstić information content (AvgIpc) is 2.78. The molecule has 0 aliphatic heterocycles. The lowest BCUT2D eigenvalue weighted by atomic mass is 9.54. The number of nitrogens with zero attached hydrogens (tertiary/aromatic N) is 2. The lowest BCUT2D eigenvalue weighted by Crippen LogP contribution is -2.43. The van der Waals surface area contributed by atoms with Crippen molar-refractivity contribution in [1.29, 1.82) is 5.26 Å². The fourth-order valence-corrected chi connectivity index (χ4v) is 5.56. The maximum atomic E-state index is 13.8. The highest BCUT2D eigenvalue weighted by molar-refractivity contribution is 5.82. The quantitative estimate of drug-likeness (QED) is 0.547. The first-order chi connectivity index (χ1) is 15.0. The molecule has 3 nitrogen and oxygen atoms in total. The van der Waals surface area contributed by atoms with Crippen LogP contribution in [0.3, 0.4) is 0 Å². The Morgan fingerprint density at radius 2 is 1.84 bits per heavy atom. The number of halogens is 1. The normalized spacial score (nSPS) is 25.0. The van der Waals surface area contributed by atoms with Gasteiger partial charge in [0.2, 0.25) is 0 Å². The summed E-state index contributed by atoms with van der Waals surface area (Å²) in [7, 11) is 0. The summed E-state index contributed by atoms with van der Waals surface area (Å²) in [6.45, 7) is 4.20. The predicted molar refractivity (Wildman–Crippen MR) is 122 cm³/mol. The molecule has 1 aromatic heterocycles. The third-order valence-electron chi connectivity index (χ3n) is 7.32. The Morgan fingerprint density at radius 1 is 1.10 bits per heavy atom. The zero-order valence-corrected chi connectivity index (χ0v) is 17.6. The number of hydrogen-bond donors (Lipinski definition) is 1. The molecule has 0 radical (unpaired) electrons. The molecule has 2 fully saturated rings. The van der Waals surface area contributed by atoms with Crippen molar-refractivity contribution in [3.05, 3.63) is 83.8 Å². The lowest BCUT2D eigenvalue weighted by molar-refractivity contribution is 0.0440. The van der Waals surface area contributed by atoms with E-state index in [1.807, 2.05) is 30.5 Å². The molecule has 1 N–H and O–H groups in total. The van der Waals surface area contributed by atoms with E-state index in [1.54, 1.807) is 12.1 Å². The number of rotatable bonds is 4. The molecule has 2 aliphatic carbocycles. The van der Waals surface area contributed by atoms with Gasteiger partial charge in [0, 0.05) is 23.3 Å². The second kappa shape index (κ2) is 7.81. The van der Waals surface area contributed by atoms with Crippen molar-refractivity contribution in [2.24, 2.45) is 5.41 Å². The summed E-state index contributed by atoms with van der Waals surface area (Å²) in [5, 5.41) is 13.5. The minimum Gasteiger partial charge on any atom is -0.382 e. The van der Waals surface area contributed by atoms with Gasteiger partial charge in [0.15, 0.2) is 0 Å². The Bertz CT molecular complexity index is 1160. The fourth-order valence-electron chi connectivity index (χ4n) is 5.56. The van der Waals surface area contributed by atoms with Crippen molar-refractivity contribution in [3.8, 4) is 6.07 Å². The van der Waals surface area contributed by atoms with Crippen LogP contribution in [0.15, 0.2) is 61.3 Å². The van der Waals surface area contributed by atoms with Gasteiger partial charge in [-0.05, 0) is 97.4 Å². The summed E-state index contributed by atoms with van der Waals surface area (Å²) < 4.78 is 13.8. The summed E-state index contributed by atoms with van der Waals surface area (Å²) in [5.74, 6) is 0.315. The molecule has 0 bridgehead atoms. The van der Waals surface area contributed by atoms with Crippen LogP contribution in [0.25, 0.3) is 16.6 Å². The topological polar surface area (TPSA) is 48.7 Å². The van der Waals surface area contributed by atoms with Crippen LogP contribution in [0.5, 0.6) is 0 Å². The van der Waals surface area contributed by atoms with E-state index in [0.29, 0.717) is 22.9 Å². The molecule has 0 amide bonds. The number of nitrogens with one attached hydrogen (secondary N) is 1. The Kier molecular flexibility index (Phi) is 4.98. The van der Waals surface area contributed by atoms with E-state index in [1.165, 1.54) is 37.3 Å². The molecular weight excluding hydrogens is 385 g/mol. The van der Waals surface area contributed by atoms with Gasteiger partial charge in [-0.15, -0.1) is 0 Å². The molecule has 3 aromatic rings. The number of benzene rings is 2. The average molecular weight is 412 g/mol. The number of aromatic nitrogens is 1. The van der Waals surface area contributed by atoms with Gasteiger partial charge < -0.3 is 5.32 Å². The SMILES string of the molecule is C=C(NC1CCC2(CC1)CC(c1ccnc3ccc(F)cc13)C2)c1ccc(C#N)cc1. The van der Waals surface area contributed by atoms with Gasteiger partial charge in [-0.25, -0.2) is 4.39 Å². The van der Waals surface area contributed by atoms with Crippen molar-refractivity contribution in [2.75, 3.05) is 0 Å². The number of fused-ring (bicyclic) bond motifs is 1. The van der Waals surface area contributed by atoms with Gasteiger partial charge in [0.1, 0.15) is 5.82 Å². The monoisotopic (exact) mass is 411 g/mol. The van der Waals surface area contributed by atoms with Crippen molar-refractivity contribution in [1.82, 2.24) is 10.3 Å². The van der Waals surface area contributed by atoms with Crippen LogP contribution in [0.2, 0.25) is 0 Å². The molecule has 2 saturated carbocycles. The molecule has 4 heteroatoms. The Balaban J connectivity index is 1.19. The molecule has 5 rings (SSSR count). The van der Waals surface area contributed by atoms with Crippen LogP contribution in [-0.2, 0) is 0 Å². The molecule has 2 aliphatic rings. The molecule has 2 aromatic carbocycles. The van der Waals surface area contributed by atoms with Gasteiger partial charge in [-0.2, -0.15) is 5.26 Å². The second-order valence-electron chi connectivity index (χ2n) is 9.25. The van der Waals surface area contributed by atoms with E-state index in [4.69, 9.17) is 5.26 Å². The molecule has 31 heavy (non-hydrogen) atoms. The van der Waals surface area contributed by atoms with Crippen LogP contribution in [0.4, 0.5) is 4.39 Å². The van der Waals surface area contributed by atoms with Gasteiger partial charge in [-0.1, -0.05) is 18.7 Å². The summed E-state index contributed by atoms with van der Waals surface area (Å²) >= 11 is 0. The zero-order chi connectivity index (χ0) is 21.4. The number of hydrogen-bond acceptors (Lipinski definition) is 3. The van der Waals surface area contributed by atoms with E-state index in [9.17, 15) is 4.39 Å². The predicted octanol–water partition coefficient (Wildman–Crippen LogP) is 6.31. The maximum absolute atomic E-state index is 13.8. The lowest BCUT2D eigenvalue weighted by Gasteiger charge is -2.52. The van der Waals surface area contributed by atoms with Crippen LogP contribution in [0, 0.1) is 22.6 Å². The summed E-state index contributed by atoms with van der Waals surface area (Å²) in [6, 6.07) is 17.2. The first kappa shape index (κ1) is 19.8. The van der Waals surface area contributed by atoms with Crippen LogP contribution in [-0.4, -0.2) is 11.0 Å². The fraction of sp³-hybridized carbons (Fsp3) is 0.333. The first-order valence-corrected chi connectivity index (χ1v) is 11.1. The van der Waals surface area contributed by atoms with Crippen LogP contribution >= 0.6 is 0 Å². The highest BCUT2D eigenvalue weighted by Gasteiger charge is 2.46. The van der Waals surface area contributed by atoms with E-state index < -0.39 is 0 Å². The number of pyridine rings is 1. The Hall–Kier alpha value is -3.19. The highest BCUT2D eigenvalue weighted by atomic mass is 19.1. The molecule has 0 atom stereocenters. The van der Waals surface area contributed by atoms with Gasteiger partial charge >= 0.3 is 0 Å². The van der Waals surface area contributed by atoms with Crippen LogP contribution < -0.4 is 5.32 Å². The summed E-state index contributed by atoms with van der Waals surface area (Å²) in [5.41, 5.74) is 5.21. The van der Waals surface area contributed by atoms with Crippen molar-refractivity contribution >= 4 is 16.6 Å². The van der Waals surface area contributed by atoms with E-state index in [2.05, 4.69) is 29.0 Å². The van der Waals surface area contributed by atoms with E-state index in [0.717, 1.165) is 35.0 Å². The summed E-state index contributed by atoms with van der Waals surface area (Å²) in [6.07, 6.45) is 8.97. The molecule has 1 spiro atoms. The van der Waals surface area contributed by atoms with E-state index >= 15 is 0 Å². The molecular formula is C27H26FN3. The zero-order valence-electron chi connectivity index (χ0n) is 17.6. The van der Waals surface area contributed by atoms with Gasteiger partial charge in [0.25, 0.3) is 0 Å². The Labute approximate surface area is 182 Å². The molecule has 1 heterocycles. The largest absolute Gasteiger partial charge is 0.382 e. The first-order valence-electron chi connectivity index (χ1n) is 11.1. The minimum atomic E-state index is -0.190. The van der Waals surface area contributed by atoms with Crippen molar-refractivity contribution in [3.63, 3.8) is 0 Å². The van der Waals surface area contributed by atoms with Crippen molar-refractivity contribution in [2.45, 2.75) is 50.5 Å². The highest BCUT2D eigenvalue weighted by Crippen LogP contribution is 2.59. The maximum Gasteiger partial charge on any atom is 0.123 e. The van der Waals surface area contributed by atoms with Gasteiger partial charge in [0.05, 0.1) is 17.1 Å². The molecule has 0 unspecified atom stereocenters. The second-order valence-corrected chi connectivity index (χ2v) is 9.25. The minimum absolute atomic E-state index is 0.190. The van der Waals surface area contributed by atoms with E-state index in [-0.39, 0.29) is 5.82 Å². The van der Waals surface area contributed by atoms with Gasteiger partial charge in [-0.3, -0.25) is 4.98 Å². The Morgan fingerprint density at radius 3 is 2.55 bits per heavy atom. The molecule has 156 valence electrons. The number of nitriles is 1. The third-order valence-corrected chi connectivity index (χ3v) is 7.32. The summed E-state index contributed by atoms with van der Waals surface area (Å²) in [4.78, 5) is 4.40. The standard InChI is InChI=1S/C27H26FN3/c1-18(20-4-2-19(17-29)3-5-20)31-23-8-11-27(12-9-23)15-21(16-27)24-10-13-30-26-7-6-22(28)14-25(24)26/h2-7,10,13-14,21,23,31H,1,8-9,11-12,15-16H2. The smallest absolute Gasteiger partial charge is 0.123 e.